The summed E-state index contributed by atoms with van der Waals surface area (Å²) in [6.45, 7) is 11.0. The fraction of sp³-hybridized carbons (Fsp3) is 0.794. The number of carbonyl (C=O) groups excluding carboxylic acids is 1. The monoisotopic (exact) mass is 595 g/mol. The van der Waals surface area contributed by atoms with Crippen LogP contribution < -0.4 is 5.32 Å². The number of nitrogens with one attached hydrogen (secondary N) is 1. The average molecular weight is 596 g/mol. The fourth-order valence-corrected chi connectivity index (χ4v) is 4.26. The Hall–Kier alpha value is -1.71. The first-order chi connectivity index (χ1) is 20.8. The Balaban J connectivity index is 1.74. The van der Waals surface area contributed by atoms with Crippen LogP contribution in [0.25, 0.3) is 0 Å². The molecule has 0 aliphatic carbocycles. The third kappa shape index (κ3) is 24.8. The molecule has 0 aliphatic rings. The van der Waals surface area contributed by atoms with E-state index in [0.717, 1.165) is 38.1 Å². The molecule has 0 bridgehead atoms. The van der Waals surface area contributed by atoms with E-state index in [1.165, 1.54) is 64.2 Å². The van der Waals surface area contributed by atoms with Crippen molar-refractivity contribution in [2.75, 3.05) is 84.5 Å². The maximum absolute atomic E-state index is 12.1. The predicted octanol–water partition coefficient (Wildman–Crippen LogP) is 7.45. The molecular formula is C34H61NO7. The average Bonchev–Trinajstić information content (AvgIpc) is 3.01. The van der Waals surface area contributed by atoms with E-state index in [2.05, 4.69) is 19.2 Å². The summed E-state index contributed by atoms with van der Waals surface area (Å²) in [6, 6.07) is 7.34. The van der Waals surface area contributed by atoms with Gasteiger partial charge in [0, 0.05) is 18.8 Å². The van der Waals surface area contributed by atoms with E-state index in [4.69, 9.17) is 28.4 Å². The summed E-state index contributed by atoms with van der Waals surface area (Å²) in [7, 11) is 0. The molecule has 42 heavy (non-hydrogen) atoms. The van der Waals surface area contributed by atoms with E-state index in [9.17, 15) is 4.79 Å². The van der Waals surface area contributed by atoms with Crippen LogP contribution in [0.2, 0.25) is 0 Å². The number of hydrogen-bond donors (Lipinski definition) is 1. The first-order valence-electron chi connectivity index (χ1n) is 16.7. The molecule has 0 amide bonds. The molecule has 244 valence electrons. The number of ether oxygens (including phenoxy) is 6. The summed E-state index contributed by atoms with van der Waals surface area (Å²) >= 11 is 0. The molecule has 0 radical (unpaired) electrons. The number of esters is 1. The lowest BCUT2D eigenvalue weighted by atomic mass is 10.1. The molecule has 0 aromatic heterocycles. The van der Waals surface area contributed by atoms with Gasteiger partial charge in [0.15, 0.2) is 0 Å². The summed E-state index contributed by atoms with van der Waals surface area (Å²) in [5.41, 5.74) is 1.54. The largest absolute Gasteiger partial charge is 0.460 e. The van der Waals surface area contributed by atoms with Crippen molar-refractivity contribution in [3.05, 3.63) is 29.8 Å². The molecule has 0 unspecified atom stereocenters. The van der Waals surface area contributed by atoms with E-state index in [1.54, 1.807) is 12.1 Å². The fourth-order valence-electron chi connectivity index (χ4n) is 4.26. The van der Waals surface area contributed by atoms with Crippen LogP contribution in [-0.2, 0) is 28.4 Å². The van der Waals surface area contributed by atoms with Gasteiger partial charge in [-0.25, -0.2) is 4.79 Å². The second-order valence-electron chi connectivity index (χ2n) is 10.6. The molecule has 0 fully saturated rings. The van der Waals surface area contributed by atoms with Crippen molar-refractivity contribution >= 4 is 11.7 Å². The highest BCUT2D eigenvalue weighted by atomic mass is 16.6. The van der Waals surface area contributed by atoms with Gasteiger partial charge in [-0.05, 0) is 37.1 Å². The Kier molecular flexibility index (Phi) is 28.0. The molecule has 0 atom stereocenters. The topological polar surface area (TPSA) is 84.5 Å². The first-order valence-corrected chi connectivity index (χ1v) is 16.7. The molecular weight excluding hydrogens is 534 g/mol. The van der Waals surface area contributed by atoms with Crippen molar-refractivity contribution in [3.63, 3.8) is 0 Å². The Morgan fingerprint density at radius 1 is 0.500 bits per heavy atom. The second-order valence-corrected chi connectivity index (χ2v) is 10.6. The molecule has 1 aromatic rings. The van der Waals surface area contributed by atoms with Gasteiger partial charge in [0.1, 0.15) is 6.61 Å². The van der Waals surface area contributed by atoms with Gasteiger partial charge in [0.2, 0.25) is 0 Å². The Morgan fingerprint density at radius 2 is 0.905 bits per heavy atom. The SMILES string of the molecule is CCCCCCCCCCCCCOCCOCCOCCOCCOCCOC(=O)c1ccc(NCCCC)cc1. The van der Waals surface area contributed by atoms with Crippen LogP contribution in [0.15, 0.2) is 24.3 Å². The third-order valence-corrected chi connectivity index (χ3v) is 6.82. The molecule has 1 N–H and O–H groups in total. The van der Waals surface area contributed by atoms with Gasteiger partial charge in [-0.1, -0.05) is 84.5 Å². The summed E-state index contributed by atoms with van der Waals surface area (Å²) in [5, 5.41) is 3.33. The maximum atomic E-state index is 12.1. The van der Waals surface area contributed by atoms with E-state index >= 15 is 0 Å². The second kappa shape index (κ2) is 30.7. The smallest absolute Gasteiger partial charge is 0.338 e. The normalized spacial score (nSPS) is 11.2. The highest BCUT2D eigenvalue weighted by molar-refractivity contribution is 5.89. The highest BCUT2D eigenvalue weighted by Gasteiger charge is 2.06. The zero-order valence-electron chi connectivity index (χ0n) is 26.8. The predicted molar refractivity (Wildman–Crippen MR) is 171 cm³/mol. The molecule has 0 heterocycles. The minimum absolute atomic E-state index is 0.211. The van der Waals surface area contributed by atoms with Crippen LogP contribution in [0.1, 0.15) is 108 Å². The standard InChI is InChI=1S/C34H61NO7/c1-3-5-7-8-9-10-11-12-13-14-15-21-37-22-23-38-24-25-39-26-27-40-28-29-41-30-31-42-34(36)32-16-18-33(19-17-32)35-20-6-4-2/h16-19,35H,3-15,20-31H2,1-2H3. The van der Waals surface area contributed by atoms with Gasteiger partial charge in [-0.3, -0.25) is 0 Å². The van der Waals surface area contributed by atoms with E-state index in [1.807, 2.05) is 12.1 Å². The van der Waals surface area contributed by atoms with E-state index in [-0.39, 0.29) is 12.6 Å². The lowest BCUT2D eigenvalue weighted by Gasteiger charge is -2.09. The molecule has 1 aromatic carbocycles. The maximum Gasteiger partial charge on any atom is 0.338 e. The van der Waals surface area contributed by atoms with Crippen molar-refractivity contribution in [1.29, 1.82) is 0 Å². The molecule has 8 heteroatoms. The Bertz CT molecular complexity index is 702. The number of hydrogen-bond acceptors (Lipinski definition) is 8. The molecule has 0 saturated heterocycles. The lowest BCUT2D eigenvalue weighted by molar-refractivity contribution is -0.0153. The summed E-state index contributed by atoms with van der Waals surface area (Å²) in [6.07, 6.45) is 17.1. The molecule has 0 spiro atoms. The zero-order chi connectivity index (χ0) is 30.2. The van der Waals surface area contributed by atoms with Gasteiger partial charge >= 0.3 is 5.97 Å². The van der Waals surface area contributed by atoms with E-state index < -0.39 is 0 Å². The minimum Gasteiger partial charge on any atom is -0.460 e. The Labute approximate surface area is 256 Å². The number of anilines is 1. The van der Waals surface area contributed by atoms with Gasteiger partial charge < -0.3 is 33.7 Å². The van der Waals surface area contributed by atoms with Gasteiger partial charge in [-0.15, -0.1) is 0 Å². The summed E-state index contributed by atoms with van der Waals surface area (Å²) in [4.78, 5) is 12.1. The minimum atomic E-state index is -0.344. The van der Waals surface area contributed by atoms with Crippen LogP contribution in [0.5, 0.6) is 0 Å². The molecule has 0 aliphatic heterocycles. The first kappa shape index (κ1) is 38.3. The summed E-state index contributed by atoms with van der Waals surface area (Å²) in [5.74, 6) is -0.344. The van der Waals surface area contributed by atoms with Crippen molar-refractivity contribution in [2.45, 2.75) is 97.3 Å². The van der Waals surface area contributed by atoms with Crippen LogP contribution in [-0.4, -0.2) is 85.2 Å². The lowest BCUT2D eigenvalue weighted by Crippen LogP contribution is -2.15. The molecule has 0 saturated carbocycles. The molecule has 1 rings (SSSR count). The van der Waals surface area contributed by atoms with Crippen molar-refractivity contribution in [2.24, 2.45) is 0 Å². The number of carbonyl (C=O) groups is 1. The van der Waals surface area contributed by atoms with Crippen LogP contribution in [0.4, 0.5) is 5.69 Å². The number of benzene rings is 1. The summed E-state index contributed by atoms with van der Waals surface area (Å²) < 4.78 is 32.9. The van der Waals surface area contributed by atoms with Crippen molar-refractivity contribution in [3.8, 4) is 0 Å². The molecule has 8 nitrogen and oxygen atoms in total. The van der Waals surface area contributed by atoms with Crippen LogP contribution >= 0.6 is 0 Å². The van der Waals surface area contributed by atoms with E-state index in [0.29, 0.717) is 65.0 Å². The highest BCUT2D eigenvalue weighted by Crippen LogP contribution is 2.12. The van der Waals surface area contributed by atoms with Gasteiger partial charge in [0.05, 0.1) is 65.0 Å². The Morgan fingerprint density at radius 3 is 1.38 bits per heavy atom. The third-order valence-electron chi connectivity index (χ3n) is 6.82. The van der Waals surface area contributed by atoms with Crippen LogP contribution in [0.3, 0.4) is 0 Å². The van der Waals surface area contributed by atoms with Crippen molar-refractivity contribution in [1.82, 2.24) is 0 Å². The quantitative estimate of drug-likeness (QED) is 0.0679. The zero-order valence-corrected chi connectivity index (χ0v) is 26.8. The van der Waals surface area contributed by atoms with Crippen LogP contribution in [0, 0.1) is 0 Å². The number of unbranched alkanes of at least 4 members (excludes halogenated alkanes) is 11. The van der Waals surface area contributed by atoms with Gasteiger partial charge in [-0.2, -0.15) is 0 Å². The van der Waals surface area contributed by atoms with Gasteiger partial charge in [0.25, 0.3) is 0 Å². The number of rotatable bonds is 32. The van der Waals surface area contributed by atoms with Crippen molar-refractivity contribution < 1.29 is 33.2 Å².